The summed E-state index contributed by atoms with van der Waals surface area (Å²) in [6.07, 6.45) is 1.52. The fourth-order valence-electron chi connectivity index (χ4n) is 1.48. The smallest absolute Gasteiger partial charge is 0.189 e. The summed E-state index contributed by atoms with van der Waals surface area (Å²) in [6, 6.07) is 0. The van der Waals surface area contributed by atoms with E-state index in [2.05, 4.69) is 0 Å². The summed E-state index contributed by atoms with van der Waals surface area (Å²) in [5.74, 6) is 0.650. The van der Waals surface area contributed by atoms with E-state index in [-0.39, 0.29) is 24.8 Å². The lowest BCUT2D eigenvalue weighted by atomic mass is 9.99. The predicted molar refractivity (Wildman–Crippen MR) is 39.3 cm³/mol. The number of methoxy groups -OCH3 is 1. The highest BCUT2D eigenvalue weighted by Crippen LogP contribution is 2.27. The minimum atomic E-state index is -0.181. The second kappa shape index (κ2) is 2.88. The highest BCUT2D eigenvalue weighted by Gasteiger charge is 2.37. The molecule has 0 aromatic heterocycles. The molecule has 66 valence electrons. The summed E-state index contributed by atoms with van der Waals surface area (Å²) in [4.78, 5) is 11.1. The largest absolute Gasteiger partial charge is 0.469 e. The number of carbonyl (C=O) groups is 1. The van der Waals surface area contributed by atoms with Gasteiger partial charge in [0.1, 0.15) is 11.9 Å². The van der Waals surface area contributed by atoms with E-state index >= 15 is 0 Å². The summed E-state index contributed by atoms with van der Waals surface area (Å²) < 4.78 is 15.4. The molecule has 0 spiro atoms. The Balaban J connectivity index is 2.23. The number of ketones is 1. The van der Waals surface area contributed by atoms with Crippen LogP contribution in [0.5, 0.6) is 0 Å². The van der Waals surface area contributed by atoms with Gasteiger partial charge in [-0.05, 0) is 0 Å². The van der Waals surface area contributed by atoms with E-state index in [0.717, 1.165) is 0 Å². The molecular weight excluding hydrogens is 160 g/mol. The van der Waals surface area contributed by atoms with Gasteiger partial charge in [0.2, 0.25) is 0 Å². The normalized spacial score (nSPS) is 34.1. The van der Waals surface area contributed by atoms with Crippen LogP contribution in [0.2, 0.25) is 0 Å². The van der Waals surface area contributed by atoms with Crippen LogP contribution >= 0.6 is 0 Å². The summed E-state index contributed by atoms with van der Waals surface area (Å²) >= 11 is 0. The van der Waals surface area contributed by atoms with E-state index in [1.807, 2.05) is 0 Å². The highest BCUT2D eigenvalue weighted by molar-refractivity contribution is 5.91. The molecule has 1 saturated heterocycles. The first-order valence-electron chi connectivity index (χ1n) is 3.83. The van der Waals surface area contributed by atoms with Gasteiger partial charge in [0, 0.05) is 19.6 Å². The standard InChI is InChI=1S/C8H10O4/c1-10-6-2-5(9)3-7-8(6)12-4-11-7/h3,6,8H,2,4H2,1H3. The molecule has 0 aromatic carbocycles. The Morgan fingerprint density at radius 2 is 2.50 bits per heavy atom. The Morgan fingerprint density at radius 3 is 3.25 bits per heavy atom. The predicted octanol–water partition coefficient (Wildman–Crippen LogP) is 0.231. The van der Waals surface area contributed by atoms with Gasteiger partial charge in [0.25, 0.3) is 0 Å². The Labute approximate surface area is 70.1 Å². The van der Waals surface area contributed by atoms with E-state index < -0.39 is 0 Å². The van der Waals surface area contributed by atoms with Gasteiger partial charge >= 0.3 is 0 Å². The molecule has 0 aromatic rings. The maximum absolute atomic E-state index is 11.1. The quantitative estimate of drug-likeness (QED) is 0.565. The van der Waals surface area contributed by atoms with Crippen molar-refractivity contribution in [1.29, 1.82) is 0 Å². The van der Waals surface area contributed by atoms with E-state index in [1.54, 1.807) is 7.11 Å². The van der Waals surface area contributed by atoms with E-state index in [9.17, 15) is 4.79 Å². The minimum Gasteiger partial charge on any atom is -0.469 e. The van der Waals surface area contributed by atoms with Crippen molar-refractivity contribution in [3.8, 4) is 0 Å². The molecular formula is C8H10O4. The number of carbonyl (C=O) groups excluding carboxylic acids is 1. The maximum atomic E-state index is 11.1. The molecule has 0 amide bonds. The van der Waals surface area contributed by atoms with Crippen LogP contribution in [0.15, 0.2) is 11.8 Å². The van der Waals surface area contributed by atoms with Crippen molar-refractivity contribution in [2.24, 2.45) is 0 Å². The molecule has 2 unspecified atom stereocenters. The van der Waals surface area contributed by atoms with Gasteiger partial charge in [-0.2, -0.15) is 0 Å². The molecule has 0 radical (unpaired) electrons. The molecule has 12 heavy (non-hydrogen) atoms. The monoisotopic (exact) mass is 170 g/mol. The van der Waals surface area contributed by atoms with Gasteiger partial charge in [-0.3, -0.25) is 4.79 Å². The molecule has 0 bridgehead atoms. The van der Waals surface area contributed by atoms with Crippen molar-refractivity contribution in [1.82, 2.24) is 0 Å². The lowest BCUT2D eigenvalue weighted by Crippen LogP contribution is -2.34. The molecule has 1 heterocycles. The van der Waals surface area contributed by atoms with Crippen molar-refractivity contribution in [3.05, 3.63) is 11.8 Å². The van der Waals surface area contributed by atoms with Crippen LogP contribution in [0.1, 0.15) is 6.42 Å². The first kappa shape index (κ1) is 7.76. The number of hydrogen-bond acceptors (Lipinski definition) is 4. The first-order valence-corrected chi connectivity index (χ1v) is 3.83. The first-order chi connectivity index (χ1) is 5.81. The zero-order valence-electron chi connectivity index (χ0n) is 6.78. The van der Waals surface area contributed by atoms with Gasteiger partial charge in [0.15, 0.2) is 12.6 Å². The summed E-state index contributed by atoms with van der Waals surface area (Å²) in [7, 11) is 1.57. The minimum absolute atomic E-state index is 0.0404. The molecule has 4 heteroatoms. The SMILES string of the molecule is COC1CC(=O)C=C2OCOC21. The third kappa shape index (κ3) is 1.13. The van der Waals surface area contributed by atoms with Gasteiger partial charge in [-0.1, -0.05) is 0 Å². The third-order valence-corrected chi connectivity index (χ3v) is 2.10. The molecule has 2 rings (SSSR count). The van der Waals surface area contributed by atoms with Crippen LogP contribution in [0.25, 0.3) is 0 Å². The fraction of sp³-hybridized carbons (Fsp3) is 0.625. The lowest BCUT2D eigenvalue weighted by Gasteiger charge is -2.22. The van der Waals surface area contributed by atoms with Crippen molar-refractivity contribution >= 4 is 5.78 Å². The van der Waals surface area contributed by atoms with Crippen LogP contribution < -0.4 is 0 Å². The summed E-state index contributed by atoms with van der Waals surface area (Å²) in [5, 5.41) is 0. The average Bonchev–Trinajstić information content (AvgIpc) is 2.50. The van der Waals surface area contributed by atoms with Gasteiger partial charge < -0.3 is 14.2 Å². The number of hydrogen-bond donors (Lipinski definition) is 0. The number of allylic oxidation sites excluding steroid dienone is 1. The second-order valence-corrected chi connectivity index (χ2v) is 2.84. The van der Waals surface area contributed by atoms with Crippen molar-refractivity contribution in [2.75, 3.05) is 13.9 Å². The topological polar surface area (TPSA) is 44.8 Å². The third-order valence-electron chi connectivity index (χ3n) is 2.10. The molecule has 1 aliphatic heterocycles. The van der Waals surface area contributed by atoms with Crippen LogP contribution in [-0.4, -0.2) is 31.9 Å². The molecule has 2 aliphatic rings. The molecule has 0 N–H and O–H groups in total. The van der Waals surface area contributed by atoms with Crippen LogP contribution in [-0.2, 0) is 19.0 Å². The fourth-order valence-corrected chi connectivity index (χ4v) is 1.48. The average molecular weight is 170 g/mol. The van der Waals surface area contributed by atoms with Crippen LogP contribution in [0.4, 0.5) is 0 Å². The Morgan fingerprint density at radius 1 is 1.67 bits per heavy atom. The Kier molecular flexibility index (Phi) is 1.86. The number of rotatable bonds is 1. The van der Waals surface area contributed by atoms with Crippen molar-refractivity contribution in [2.45, 2.75) is 18.6 Å². The molecule has 2 atom stereocenters. The maximum Gasteiger partial charge on any atom is 0.189 e. The van der Waals surface area contributed by atoms with E-state index in [1.165, 1.54) is 6.08 Å². The number of ether oxygens (including phenoxy) is 3. The zero-order valence-corrected chi connectivity index (χ0v) is 6.78. The van der Waals surface area contributed by atoms with Crippen LogP contribution in [0.3, 0.4) is 0 Å². The Hall–Kier alpha value is -0.870. The summed E-state index contributed by atoms with van der Waals surface area (Å²) in [5.41, 5.74) is 0. The number of fused-ring (bicyclic) bond motifs is 1. The van der Waals surface area contributed by atoms with Gasteiger partial charge in [-0.15, -0.1) is 0 Å². The molecule has 0 saturated carbocycles. The molecule has 4 nitrogen and oxygen atoms in total. The van der Waals surface area contributed by atoms with Crippen LogP contribution in [0, 0.1) is 0 Å². The van der Waals surface area contributed by atoms with Crippen molar-refractivity contribution < 1.29 is 19.0 Å². The van der Waals surface area contributed by atoms with Gasteiger partial charge in [-0.25, -0.2) is 0 Å². The molecule has 1 fully saturated rings. The lowest BCUT2D eigenvalue weighted by molar-refractivity contribution is -0.120. The van der Waals surface area contributed by atoms with E-state index in [4.69, 9.17) is 14.2 Å². The summed E-state index contributed by atoms with van der Waals surface area (Å²) in [6.45, 7) is 0.226. The van der Waals surface area contributed by atoms with Crippen molar-refractivity contribution in [3.63, 3.8) is 0 Å². The van der Waals surface area contributed by atoms with E-state index in [0.29, 0.717) is 12.2 Å². The Bertz CT molecular complexity index is 233. The molecule has 1 aliphatic carbocycles. The second-order valence-electron chi connectivity index (χ2n) is 2.84. The highest BCUT2D eigenvalue weighted by atomic mass is 16.7. The zero-order chi connectivity index (χ0) is 8.55. The van der Waals surface area contributed by atoms with Gasteiger partial charge in [0.05, 0.1) is 6.10 Å².